The van der Waals surface area contributed by atoms with E-state index in [2.05, 4.69) is 15.1 Å². The second kappa shape index (κ2) is 8.85. The van der Waals surface area contributed by atoms with Crippen LogP contribution in [0.5, 0.6) is 0 Å². The molecule has 2 heterocycles. The number of fused-ring (bicyclic) bond motifs is 1. The Balaban J connectivity index is 1.15. The van der Waals surface area contributed by atoms with E-state index in [-0.39, 0.29) is 11.8 Å². The SMILES string of the molecule is O=C(NC1CCCCC1)[C@H]1CCc2nc(N3CCN(C(=O)C4CCC4)CC3)sc2C1. The largest absolute Gasteiger partial charge is 0.353 e. The second-order valence-corrected chi connectivity index (χ2v) is 10.7. The summed E-state index contributed by atoms with van der Waals surface area (Å²) in [6.07, 6.45) is 12.1. The van der Waals surface area contributed by atoms with Gasteiger partial charge in [0.15, 0.2) is 5.13 Å². The van der Waals surface area contributed by atoms with Crippen molar-refractivity contribution >= 4 is 28.3 Å². The number of anilines is 1. The van der Waals surface area contributed by atoms with Gasteiger partial charge in [-0.3, -0.25) is 9.59 Å². The van der Waals surface area contributed by atoms with Crippen molar-refractivity contribution in [3.05, 3.63) is 10.6 Å². The summed E-state index contributed by atoms with van der Waals surface area (Å²) in [5, 5.41) is 4.41. The molecule has 164 valence electrons. The Morgan fingerprint density at radius 1 is 0.900 bits per heavy atom. The molecule has 5 rings (SSSR count). The van der Waals surface area contributed by atoms with E-state index in [9.17, 15) is 9.59 Å². The molecular formula is C23H34N4O2S. The lowest BCUT2D eigenvalue weighted by Gasteiger charge is -2.38. The van der Waals surface area contributed by atoms with E-state index in [1.807, 2.05) is 0 Å². The van der Waals surface area contributed by atoms with Crippen molar-refractivity contribution in [1.82, 2.24) is 15.2 Å². The Labute approximate surface area is 183 Å². The van der Waals surface area contributed by atoms with E-state index in [4.69, 9.17) is 4.98 Å². The van der Waals surface area contributed by atoms with Crippen LogP contribution in [0.15, 0.2) is 0 Å². The van der Waals surface area contributed by atoms with E-state index in [0.717, 1.165) is 76.3 Å². The number of aromatic nitrogens is 1. The van der Waals surface area contributed by atoms with Crippen molar-refractivity contribution in [2.45, 2.75) is 76.7 Å². The van der Waals surface area contributed by atoms with E-state index in [0.29, 0.717) is 17.9 Å². The standard InChI is InChI=1S/C23H34N4O2S/c28-21(24-18-7-2-1-3-8-18)17-9-10-19-20(15-17)30-23(25-19)27-13-11-26(12-14-27)22(29)16-5-4-6-16/h16-18H,1-15H2,(H,24,28)/t17-/m0/s1. The number of rotatable bonds is 4. The van der Waals surface area contributed by atoms with Crippen molar-refractivity contribution in [1.29, 1.82) is 0 Å². The van der Waals surface area contributed by atoms with Crippen LogP contribution in [0.4, 0.5) is 5.13 Å². The lowest BCUT2D eigenvalue weighted by molar-refractivity contribution is -0.138. The van der Waals surface area contributed by atoms with Crippen molar-refractivity contribution in [3.8, 4) is 0 Å². The van der Waals surface area contributed by atoms with E-state index in [1.165, 1.54) is 36.3 Å². The first-order valence-electron chi connectivity index (χ1n) is 12.0. The van der Waals surface area contributed by atoms with Crippen molar-refractivity contribution in [2.24, 2.45) is 11.8 Å². The summed E-state index contributed by atoms with van der Waals surface area (Å²) in [4.78, 5) is 35.9. The smallest absolute Gasteiger partial charge is 0.225 e. The maximum absolute atomic E-state index is 12.8. The predicted octanol–water partition coefficient (Wildman–Crippen LogP) is 3.15. The topological polar surface area (TPSA) is 65.5 Å². The quantitative estimate of drug-likeness (QED) is 0.797. The number of nitrogens with one attached hydrogen (secondary N) is 1. The number of thiazole rings is 1. The molecule has 1 aromatic rings. The van der Waals surface area contributed by atoms with E-state index >= 15 is 0 Å². The summed E-state index contributed by atoms with van der Waals surface area (Å²) in [6, 6.07) is 0.392. The predicted molar refractivity (Wildman–Crippen MR) is 119 cm³/mol. The van der Waals surface area contributed by atoms with Crippen LogP contribution >= 0.6 is 11.3 Å². The number of hydrogen-bond donors (Lipinski definition) is 1. The fraction of sp³-hybridized carbons (Fsp3) is 0.783. The summed E-state index contributed by atoms with van der Waals surface area (Å²) in [7, 11) is 0. The number of carbonyl (C=O) groups excluding carboxylic acids is 2. The molecule has 0 unspecified atom stereocenters. The third-order valence-electron chi connectivity index (χ3n) is 7.57. The van der Waals surface area contributed by atoms with Gasteiger partial charge < -0.3 is 15.1 Å². The first-order valence-corrected chi connectivity index (χ1v) is 12.8. The number of amides is 2. The van der Waals surface area contributed by atoms with Crippen molar-refractivity contribution < 1.29 is 9.59 Å². The molecule has 3 aliphatic carbocycles. The molecule has 4 aliphatic rings. The van der Waals surface area contributed by atoms with Crippen LogP contribution in [0, 0.1) is 11.8 Å². The molecule has 1 saturated heterocycles. The molecule has 1 aromatic heterocycles. The van der Waals surface area contributed by atoms with Crippen LogP contribution < -0.4 is 10.2 Å². The molecule has 0 radical (unpaired) electrons. The summed E-state index contributed by atoms with van der Waals surface area (Å²) >= 11 is 1.77. The third kappa shape index (κ3) is 4.23. The van der Waals surface area contributed by atoms with Gasteiger partial charge in [-0.2, -0.15) is 0 Å². The van der Waals surface area contributed by atoms with Gasteiger partial charge in [0.2, 0.25) is 11.8 Å². The minimum absolute atomic E-state index is 0.102. The highest BCUT2D eigenvalue weighted by molar-refractivity contribution is 7.15. The maximum atomic E-state index is 12.8. The maximum Gasteiger partial charge on any atom is 0.225 e. The number of piperazine rings is 1. The van der Waals surface area contributed by atoms with Gasteiger partial charge in [0.05, 0.1) is 5.69 Å². The minimum Gasteiger partial charge on any atom is -0.353 e. The second-order valence-electron chi connectivity index (χ2n) is 9.59. The summed E-state index contributed by atoms with van der Waals surface area (Å²) in [5.74, 6) is 1.02. The molecule has 3 fully saturated rings. The molecule has 2 saturated carbocycles. The molecule has 1 N–H and O–H groups in total. The van der Waals surface area contributed by atoms with Crippen LogP contribution in [0.1, 0.15) is 68.4 Å². The first-order chi connectivity index (χ1) is 14.7. The molecular weight excluding hydrogens is 396 g/mol. The van der Waals surface area contributed by atoms with Crippen LogP contribution in [-0.2, 0) is 22.4 Å². The van der Waals surface area contributed by atoms with Gasteiger partial charge in [-0.1, -0.05) is 25.7 Å². The lowest BCUT2D eigenvalue weighted by Crippen LogP contribution is -2.51. The summed E-state index contributed by atoms with van der Waals surface area (Å²) < 4.78 is 0. The zero-order chi connectivity index (χ0) is 20.5. The molecule has 1 atom stereocenters. The Morgan fingerprint density at radius 3 is 2.37 bits per heavy atom. The summed E-state index contributed by atoms with van der Waals surface area (Å²) in [6.45, 7) is 3.37. The molecule has 30 heavy (non-hydrogen) atoms. The number of aryl methyl sites for hydroxylation is 1. The Hall–Kier alpha value is -1.63. The van der Waals surface area contributed by atoms with Crippen LogP contribution in [0.2, 0.25) is 0 Å². The molecule has 0 aromatic carbocycles. The highest BCUT2D eigenvalue weighted by Crippen LogP contribution is 2.35. The van der Waals surface area contributed by atoms with Crippen LogP contribution in [-0.4, -0.2) is 53.9 Å². The fourth-order valence-corrected chi connectivity index (χ4v) is 6.56. The van der Waals surface area contributed by atoms with Gasteiger partial charge >= 0.3 is 0 Å². The Morgan fingerprint density at radius 2 is 1.67 bits per heavy atom. The number of nitrogens with zero attached hydrogens (tertiary/aromatic N) is 3. The molecule has 0 spiro atoms. The van der Waals surface area contributed by atoms with Gasteiger partial charge in [-0.05, 0) is 44.9 Å². The molecule has 7 heteroatoms. The number of hydrogen-bond acceptors (Lipinski definition) is 5. The normalized spacial score (nSPS) is 25.5. The zero-order valence-electron chi connectivity index (χ0n) is 17.9. The van der Waals surface area contributed by atoms with Gasteiger partial charge in [-0.15, -0.1) is 11.3 Å². The number of carbonyl (C=O) groups is 2. The Kier molecular flexibility index (Phi) is 5.98. The Bertz CT molecular complexity index is 776. The van der Waals surface area contributed by atoms with E-state index < -0.39 is 0 Å². The lowest BCUT2D eigenvalue weighted by atomic mass is 9.84. The third-order valence-corrected chi connectivity index (χ3v) is 8.75. The molecule has 2 amide bonds. The average molecular weight is 431 g/mol. The highest BCUT2D eigenvalue weighted by Gasteiger charge is 2.33. The monoisotopic (exact) mass is 430 g/mol. The average Bonchev–Trinajstić information content (AvgIpc) is 3.16. The van der Waals surface area contributed by atoms with Gasteiger partial charge in [0, 0.05) is 48.9 Å². The fourth-order valence-electron chi connectivity index (χ4n) is 5.32. The van der Waals surface area contributed by atoms with Crippen molar-refractivity contribution in [3.63, 3.8) is 0 Å². The van der Waals surface area contributed by atoms with E-state index in [1.54, 1.807) is 11.3 Å². The first kappa shape index (κ1) is 20.3. The van der Waals surface area contributed by atoms with Gasteiger partial charge in [-0.25, -0.2) is 4.98 Å². The molecule has 1 aliphatic heterocycles. The molecule has 0 bridgehead atoms. The van der Waals surface area contributed by atoms with Crippen LogP contribution in [0.3, 0.4) is 0 Å². The van der Waals surface area contributed by atoms with Crippen molar-refractivity contribution in [2.75, 3.05) is 31.1 Å². The van der Waals surface area contributed by atoms with Gasteiger partial charge in [0.25, 0.3) is 0 Å². The van der Waals surface area contributed by atoms with Gasteiger partial charge in [0.1, 0.15) is 0 Å². The summed E-state index contributed by atoms with van der Waals surface area (Å²) in [5.41, 5.74) is 1.20. The highest BCUT2D eigenvalue weighted by atomic mass is 32.1. The molecule has 6 nitrogen and oxygen atoms in total. The van der Waals surface area contributed by atoms with Crippen LogP contribution in [0.25, 0.3) is 0 Å². The zero-order valence-corrected chi connectivity index (χ0v) is 18.7. The minimum atomic E-state index is 0.102.